The summed E-state index contributed by atoms with van der Waals surface area (Å²) in [6.45, 7) is 7.50. The maximum absolute atomic E-state index is 11.7. The van der Waals surface area contributed by atoms with Gasteiger partial charge in [-0.3, -0.25) is 10.1 Å². The van der Waals surface area contributed by atoms with Crippen LogP contribution >= 0.6 is 0 Å². The fourth-order valence-corrected chi connectivity index (χ4v) is 1.15. The number of carbonyl (C=O) groups is 3. The van der Waals surface area contributed by atoms with Gasteiger partial charge in [0.25, 0.3) is 5.91 Å². The molecule has 2 N–H and O–H groups in total. The highest BCUT2D eigenvalue weighted by atomic mass is 16.6. The highest BCUT2D eigenvalue weighted by Crippen LogP contribution is 2.04. The van der Waals surface area contributed by atoms with E-state index in [0.29, 0.717) is 12.5 Å². The summed E-state index contributed by atoms with van der Waals surface area (Å²) < 4.78 is 10.2. The summed E-state index contributed by atoms with van der Waals surface area (Å²) >= 11 is 0. The molecular weight excluding hydrogens is 264 g/mol. The largest absolute Gasteiger partial charge is 0.451 e. The van der Waals surface area contributed by atoms with Crippen molar-refractivity contribution in [3.8, 4) is 0 Å². The third-order valence-electron chi connectivity index (χ3n) is 2.52. The van der Waals surface area contributed by atoms with Crippen molar-refractivity contribution in [3.63, 3.8) is 0 Å². The van der Waals surface area contributed by atoms with Crippen molar-refractivity contribution >= 4 is 17.9 Å². The molecule has 0 saturated heterocycles. The van der Waals surface area contributed by atoms with E-state index in [1.165, 1.54) is 14.0 Å². The Balaban J connectivity index is 4.10. The lowest BCUT2D eigenvalue weighted by Crippen LogP contribution is -2.44. The van der Waals surface area contributed by atoms with Crippen LogP contribution in [0.5, 0.6) is 0 Å². The van der Waals surface area contributed by atoms with Crippen molar-refractivity contribution in [1.29, 1.82) is 0 Å². The lowest BCUT2D eigenvalue weighted by Gasteiger charge is -2.17. The first-order chi connectivity index (χ1) is 9.27. The zero-order valence-corrected chi connectivity index (χ0v) is 12.7. The van der Waals surface area contributed by atoms with Gasteiger partial charge in [-0.25, -0.2) is 9.59 Å². The van der Waals surface area contributed by atoms with E-state index < -0.39 is 30.1 Å². The molecule has 0 aliphatic heterocycles. The number of carbonyl (C=O) groups excluding carboxylic acids is 3. The second-order valence-electron chi connectivity index (χ2n) is 4.84. The van der Waals surface area contributed by atoms with E-state index in [4.69, 9.17) is 9.47 Å². The number of rotatable bonds is 7. The Morgan fingerprint density at radius 3 is 2.15 bits per heavy atom. The molecule has 0 aromatic heterocycles. The molecule has 3 amide bonds. The average molecular weight is 288 g/mol. The van der Waals surface area contributed by atoms with E-state index in [0.717, 1.165) is 6.42 Å². The molecule has 0 aliphatic rings. The minimum Gasteiger partial charge on any atom is -0.451 e. The molecule has 0 heterocycles. The standard InChI is InChI=1S/C13H24N2O5/c1-8(2)6-7-19-10(4)12(17)20-9(3)11(16)15-13(18)14-5/h8-10H,6-7H2,1-5H3,(H2,14,15,16,18). The lowest BCUT2D eigenvalue weighted by molar-refractivity contribution is -0.164. The monoisotopic (exact) mass is 288 g/mol. The average Bonchev–Trinajstić information content (AvgIpc) is 2.37. The number of hydrogen-bond donors (Lipinski definition) is 2. The van der Waals surface area contributed by atoms with Crippen molar-refractivity contribution < 1.29 is 23.9 Å². The van der Waals surface area contributed by atoms with Gasteiger partial charge < -0.3 is 14.8 Å². The van der Waals surface area contributed by atoms with E-state index >= 15 is 0 Å². The Labute approximate surface area is 119 Å². The van der Waals surface area contributed by atoms with E-state index in [-0.39, 0.29) is 0 Å². The van der Waals surface area contributed by atoms with Crippen LogP contribution in [-0.4, -0.2) is 43.8 Å². The van der Waals surface area contributed by atoms with Gasteiger partial charge in [-0.2, -0.15) is 0 Å². The third-order valence-corrected chi connectivity index (χ3v) is 2.52. The zero-order chi connectivity index (χ0) is 15.7. The molecule has 2 unspecified atom stereocenters. The Bertz CT molecular complexity index is 344. The van der Waals surface area contributed by atoms with E-state index in [1.807, 2.05) is 5.32 Å². The highest BCUT2D eigenvalue weighted by molar-refractivity contribution is 5.97. The summed E-state index contributed by atoms with van der Waals surface area (Å²) in [6.07, 6.45) is -0.968. The molecule has 0 spiro atoms. The number of nitrogens with one attached hydrogen (secondary N) is 2. The first-order valence-electron chi connectivity index (χ1n) is 6.62. The maximum atomic E-state index is 11.7. The number of ether oxygens (including phenoxy) is 2. The molecule has 0 rings (SSSR count). The van der Waals surface area contributed by atoms with Gasteiger partial charge in [0.05, 0.1) is 0 Å². The van der Waals surface area contributed by atoms with Gasteiger partial charge in [0, 0.05) is 13.7 Å². The van der Waals surface area contributed by atoms with Gasteiger partial charge in [-0.15, -0.1) is 0 Å². The van der Waals surface area contributed by atoms with Gasteiger partial charge in [0.2, 0.25) is 0 Å². The van der Waals surface area contributed by atoms with Crippen LogP contribution in [0.25, 0.3) is 0 Å². The molecule has 7 nitrogen and oxygen atoms in total. The SMILES string of the molecule is CNC(=O)NC(=O)C(C)OC(=O)C(C)OCCC(C)C. The molecule has 0 saturated carbocycles. The summed E-state index contributed by atoms with van der Waals surface area (Å²) in [7, 11) is 1.38. The fraction of sp³-hybridized carbons (Fsp3) is 0.769. The smallest absolute Gasteiger partial charge is 0.335 e. The third kappa shape index (κ3) is 7.73. The molecule has 0 aromatic carbocycles. The number of urea groups is 1. The molecule has 0 bridgehead atoms. The summed E-state index contributed by atoms with van der Waals surface area (Å²) in [4.78, 5) is 34.1. The Morgan fingerprint density at radius 1 is 1.05 bits per heavy atom. The predicted octanol–water partition coefficient (Wildman–Crippen LogP) is 0.825. The minimum atomic E-state index is -1.06. The van der Waals surface area contributed by atoms with Crippen LogP contribution in [0, 0.1) is 5.92 Å². The molecule has 0 radical (unpaired) electrons. The Kier molecular flexibility index (Phi) is 8.54. The predicted molar refractivity (Wildman–Crippen MR) is 73.0 cm³/mol. The number of amides is 3. The van der Waals surface area contributed by atoms with Crippen LogP contribution in [0.4, 0.5) is 4.79 Å². The second kappa shape index (κ2) is 9.30. The quantitative estimate of drug-likeness (QED) is 0.677. The van der Waals surface area contributed by atoms with Crippen LogP contribution in [0.2, 0.25) is 0 Å². The fourth-order valence-electron chi connectivity index (χ4n) is 1.15. The van der Waals surface area contributed by atoms with Crippen molar-refractivity contribution in [2.75, 3.05) is 13.7 Å². The molecular formula is C13H24N2O5. The number of imide groups is 1. The molecule has 116 valence electrons. The molecule has 0 aromatic rings. The maximum Gasteiger partial charge on any atom is 0.335 e. The Hall–Kier alpha value is -1.63. The lowest BCUT2D eigenvalue weighted by atomic mass is 10.1. The minimum absolute atomic E-state index is 0.451. The van der Waals surface area contributed by atoms with Gasteiger partial charge in [0.15, 0.2) is 12.2 Å². The summed E-state index contributed by atoms with van der Waals surface area (Å²) in [5.74, 6) is -0.837. The summed E-state index contributed by atoms with van der Waals surface area (Å²) in [5, 5.41) is 4.25. The first kappa shape index (κ1) is 18.4. The van der Waals surface area contributed by atoms with Gasteiger partial charge >= 0.3 is 12.0 Å². The summed E-state index contributed by atoms with van der Waals surface area (Å²) in [5.41, 5.74) is 0. The van der Waals surface area contributed by atoms with Crippen LogP contribution in [-0.2, 0) is 19.1 Å². The number of hydrogen-bond acceptors (Lipinski definition) is 5. The van der Waals surface area contributed by atoms with Crippen molar-refractivity contribution in [2.24, 2.45) is 5.92 Å². The van der Waals surface area contributed by atoms with Gasteiger partial charge in [-0.05, 0) is 26.2 Å². The molecule has 0 fully saturated rings. The molecule has 7 heteroatoms. The van der Waals surface area contributed by atoms with Crippen molar-refractivity contribution in [2.45, 2.75) is 46.3 Å². The molecule has 0 aliphatic carbocycles. The van der Waals surface area contributed by atoms with Crippen molar-refractivity contribution in [3.05, 3.63) is 0 Å². The van der Waals surface area contributed by atoms with Crippen LogP contribution in [0.3, 0.4) is 0 Å². The highest BCUT2D eigenvalue weighted by Gasteiger charge is 2.23. The topological polar surface area (TPSA) is 93.7 Å². The van der Waals surface area contributed by atoms with E-state index in [1.54, 1.807) is 6.92 Å². The number of esters is 1. The second-order valence-corrected chi connectivity index (χ2v) is 4.84. The van der Waals surface area contributed by atoms with E-state index in [9.17, 15) is 14.4 Å². The normalized spacial score (nSPS) is 13.5. The van der Waals surface area contributed by atoms with Crippen molar-refractivity contribution in [1.82, 2.24) is 10.6 Å². The van der Waals surface area contributed by atoms with Crippen LogP contribution < -0.4 is 10.6 Å². The zero-order valence-electron chi connectivity index (χ0n) is 12.7. The van der Waals surface area contributed by atoms with Gasteiger partial charge in [-0.1, -0.05) is 13.8 Å². The molecule has 20 heavy (non-hydrogen) atoms. The van der Waals surface area contributed by atoms with Crippen LogP contribution in [0.15, 0.2) is 0 Å². The first-order valence-corrected chi connectivity index (χ1v) is 6.62. The van der Waals surface area contributed by atoms with Gasteiger partial charge in [0.1, 0.15) is 0 Å². The van der Waals surface area contributed by atoms with Crippen LogP contribution in [0.1, 0.15) is 34.1 Å². The Morgan fingerprint density at radius 2 is 1.65 bits per heavy atom. The molecule has 2 atom stereocenters. The van der Waals surface area contributed by atoms with E-state index in [2.05, 4.69) is 19.2 Å². The summed E-state index contributed by atoms with van der Waals surface area (Å²) in [6, 6.07) is -0.654.